The molecule has 168 valence electrons. The van der Waals surface area contributed by atoms with E-state index in [0.29, 0.717) is 11.6 Å². The Labute approximate surface area is 223 Å². The van der Waals surface area contributed by atoms with Crippen molar-refractivity contribution in [3.8, 4) is 17.3 Å². The van der Waals surface area contributed by atoms with Gasteiger partial charge in [0.05, 0.1) is 11.8 Å². The molecule has 12 radical (unpaired) electrons. The zero-order chi connectivity index (χ0) is 26.8. The van der Waals surface area contributed by atoms with Crippen molar-refractivity contribution in [3.63, 3.8) is 0 Å². The number of ether oxygens (including phenoxy) is 1. The van der Waals surface area contributed by atoms with Crippen molar-refractivity contribution < 1.29 is 9.53 Å². The second-order valence-electron chi connectivity index (χ2n) is 8.82. The van der Waals surface area contributed by atoms with Crippen molar-refractivity contribution in [1.82, 2.24) is 15.3 Å². The van der Waals surface area contributed by atoms with Gasteiger partial charge >= 0.3 is 0 Å². The van der Waals surface area contributed by atoms with Crippen LogP contribution >= 0.6 is 0 Å². The van der Waals surface area contributed by atoms with Crippen LogP contribution in [0.2, 0.25) is 0 Å². The van der Waals surface area contributed by atoms with E-state index in [1.165, 1.54) is 0 Å². The predicted molar refractivity (Wildman–Crippen MR) is 146 cm³/mol. The van der Waals surface area contributed by atoms with Gasteiger partial charge in [0.25, 0.3) is 5.91 Å². The van der Waals surface area contributed by atoms with Crippen LogP contribution in [0, 0.1) is 11.3 Å². The Hall–Kier alpha value is -3.57. The molecule has 0 bridgehead atoms. The SMILES string of the molecule is [B]C([B])(C#N)NC(=O)c1ccc(-c2ccnc(Nc3ccc(N4CC([B])([B])OC([B])([B])C4)cc3)n2)cc1. The van der Waals surface area contributed by atoms with E-state index in [-0.39, 0.29) is 18.7 Å². The number of hydrogen-bond acceptors (Lipinski definition) is 7. The number of amides is 1. The molecule has 1 aliphatic heterocycles. The highest BCUT2D eigenvalue weighted by atomic mass is 16.5. The first kappa shape index (κ1) is 26.5. The normalized spacial score (nSPS) is 16.4. The minimum atomic E-state index is -1.96. The molecule has 0 spiro atoms. The minimum Gasteiger partial charge on any atom is -0.403 e. The number of nitriles is 1. The van der Waals surface area contributed by atoms with Gasteiger partial charge in [-0.1, -0.05) is 12.1 Å². The molecule has 0 saturated carbocycles. The molecule has 4 rings (SSSR count). The number of aromatic nitrogens is 2. The minimum absolute atomic E-state index is 0.208. The van der Waals surface area contributed by atoms with E-state index in [0.717, 1.165) is 16.9 Å². The summed E-state index contributed by atoms with van der Waals surface area (Å²) in [5.74, 6) is -0.203. The Morgan fingerprint density at radius 2 is 1.62 bits per heavy atom. The van der Waals surface area contributed by atoms with Gasteiger partial charge in [0, 0.05) is 57.9 Å². The lowest BCUT2D eigenvalue weighted by Crippen LogP contribution is -2.63. The van der Waals surface area contributed by atoms with E-state index < -0.39 is 22.0 Å². The Kier molecular flexibility index (Phi) is 7.20. The lowest BCUT2D eigenvalue weighted by atomic mass is 9.57. The summed E-state index contributed by atoms with van der Waals surface area (Å²) in [7, 11) is 34.6. The lowest BCUT2D eigenvalue weighted by Gasteiger charge is -2.50. The maximum atomic E-state index is 12.2. The van der Waals surface area contributed by atoms with Crippen molar-refractivity contribution in [2.24, 2.45) is 0 Å². The maximum absolute atomic E-state index is 12.2. The first-order valence-electron chi connectivity index (χ1n) is 11.1. The number of rotatable bonds is 6. The number of benzene rings is 2. The quantitative estimate of drug-likeness (QED) is 0.484. The van der Waals surface area contributed by atoms with Crippen molar-refractivity contribution in [1.29, 1.82) is 5.26 Å². The fraction of sp³-hybridized carbons (Fsp3) is 0.217. The summed E-state index contributed by atoms with van der Waals surface area (Å²) in [6, 6.07) is 17.3. The highest BCUT2D eigenvalue weighted by Crippen LogP contribution is 2.28. The van der Waals surface area contributed by atoms with Gasteiger partial charge < -0.3 is 20.3 Å². The van der Waals surface area contributed by atoms with Crippen molar-refractivity contribution in [3.05, 3.63) is 66.4 Å². The second kappa shape index (κ2) is 10.1. The number of carbonyl (C=O) groups is 1. The number of morpholine rings is 1. The predicted octanol–water partition coefficient (Wildman–Crippen LogP) is -0.0504. The third-order valence-electron chi connectivity index (χ3n) is 5.35. The Morgan fingerprint density at radius 3 is 2.22 bits per heavy atom. The summed E-state index contributed by atoms with van der Waals surface area (Å²) in [5.41, 5.74) is 3.21. The van der Waals surface area contributed by atoms with Crippen LogP contribution in [0.15, 0.2) is 60.8 Å². The highest BCUT2D eigenvalue weighted by Gasteiger charge is 2.36. The summed E-state index contributed by atoms with van der Waals surface area (Å²) in [4.78, 5) is 22.9. The van der Waals surface area contributed by atoms with Crippen LogP contribution in [0.3, 0.4) is 0 Å². The second-order valence-corrected chi connectivity index (χ2v) is 8.82. The van der Waals surface area contributed by atoms with Crippen molar-refractivity contribution in [2.75, 3.05) is 23.3 Å². The molecule has 2 heterocycles. The summed E-state index contributed by atoms with van der Waals surface area (Å²) in [5, 5.41) is 9.34. The number of nitrogens with one attached hydrogen (secondary N) is 2. The molecule has 1 saturated heterocycles. The zero-order valence-electron chi connectivity index (χ0n) is 19.8. The van der Waals surface area contributed by atoms with Crippen LogP contribution in [0.4, 0.5) is 17.3 Å². The number of nitrogens with zero attached hydrogens (tertiary/aromatic N) is 4. The van der Waals surface area contributed by atoms with Gasteiger partial charge in [-0.15, -0.1) is 0 Å². The molecule has 2 N–H and O–H groups in total. The third kappa shape index (κ3) is 6.80. The van der Waals surface area contributed by atoms with Gasteiger partial charge in [0.15, 0.2) is 0 Å². The Morgan fingerprint density at radius 1 is 1.00 bits per heavy atom. The van der Waals surface area contributed by atoms with Gasteiger partial charge in [-0.2, -0.15) is 5.26 Å². The molecule has 0 aliphatic carbocycles. The summed E-state index contributed by atoms with van der Waals surface area (Å²) >= 11 is 0. The largest absolute Gasteiger partial charge is 0.403 e. The molecule has 1 amide bonds. The molecular formula is C23H16B6N6O2. The lowest BCUT2D eigenvalue weighted by molar-refractivity contribution is 0.0113. The van der Waals surface area contributed by atoms with Crippen LogP contribution in [-0.2, 0) is 4.74 Å². The smallest absolute Gasteiger partial charge is 0.251 e. The Bertz CT molecular complexity index is 1310. The fourth-order valence-corrected chi connectivity index (χ4v) is 3.80. The van der Waals surface area contributed by atoms with Gasteiger partial charge in [-0.05, 0) is 42.5 Å². The van der Waals surface area contributed by atoms with Crippen molar-refractivity contribution >= 4 is 70.3 Å². The summed E-state index contributed by atoms with van der Waals surface area (Å²) in [6.07, 6.45) is 1.61. The van der Waals surface area contributed by atoms with Crippen LogP contribution in [0.5, 0.6) is 0 Å². The van der Waals surface area contributed by atoms with Crippen LogP contribution in [0.1, 0.15) is 10.4 Å². The van der Waals surface area contributed by atoms with Crippen molar-refractivity contribution in [2.45, 2.75) is 16.1 Å². The standard InChI is InChI=1S/C23H16B6N6O2/c24-21(25,11-30)34-19(36)15-3-1-14(2-4-15)18-9-10-31-20(33-18)32-16-5-7-17(8-6-16)35-12-22(26,27)37-23(28,29)13-35/h1-10H,12-13H2,(H,34,36)(H,31,32,33). The highest BCUT2D eigenvalue weighted by molar-refractivity contribution is 6.44. The van der Waals surface area contributed by atoms with E-state index in [9.17, 15) is 4.79 Å². The zero-order valence-corrected chi connectivity index (χ0v) is 19.8. The Balaban J connectivity index is 1.44. The van der Waals surface area contributed by atoms with Crippen LogP contribution in [-0.4, -0.2) is 92.2 Å². The van der Waals surface area contributed by atoms with E-state index >= 15 is 0 Å². The molecule has 1 aromatic heterocycles. The summed E-state index contributed by atoms with van der Waals surface area (Å²) in [6.45, 7) is 0.415. The number of hydrogen-bond donors (Lipinski definition) is 2. The van der Waals surface area contributed by atoms with Gasteiger partial charge in [0.1, 0.15) is 47.1 Å². The molecule has 0 atom stereocenters. The number of anilines is 3. The van der Waals surface area contributed by atoms with Gasteiger partial charge in [-0.3, -0.25) is 4.79 Å². The summed E-state index contributed by atoms with van der Waals surface area (Å²) < 4.78 is 5.30. The van der Waals surface area contributed by atoms with Crippen LogP contribution < -0.4 is 15.5 Å². The van der Waals surface area contributed by atoms with E-state index in [1.807, 2.05) is 29.2 Å². The monoisotopic (exact) mass is 474 g/mol. The van der Waals surface area contributed by atoms with E-state index in [2.05, 4.69) is 20.6 Å². The van der Waals surface area contributed by atoms with E-state index in [1.54, 1.807) is 42.6 Å². The molecule has 8 nitrogen and oxygen atoms in total. The maximum Gasteiger partial charge on any atom is 0.251 e. The van der Waals surface area contributed by atoms with E-state index in [4.69, 9.17) is 57.1 Å². The van der Waals surface area contributed by atoms with Gasteiger partial charge in [0.2, 0.25) is 5.95 Å². The molecule has 2 aromatic carbocycles. The number of carbonyl (C=O) groups excluding carboxylic acids is 1. The third-order valence-corrected chi connectivity index (χ3v) is 5.35. The molecule has 1 aliphatic rings. The average molecular weight is 473 g/mol. The van der Waals surface area contributed by atoms with Crippen LogP contribution in [0.25, 0.3) is 11.3 Å². The molecule has 37 heavy (non-hydrogen) atoms. The first-order valence-corrected chi connectivity index (χ1v) is 11.1. The molecule has 14 heteroatoms. The first-order chi connectivity index (χ1) is 17.3. The molecule has 0 unspecified atom stereocenters. The molecule has 3 aromatic rings. The topological polar surface area (TPSA) is 103 Å². The fourth-order valence-electron chi connectivity index (χ4n) is 3.80. The molecule has 1 fully saturated rings. The van der Waals surface area contributed by atoms with Gasteiger partial charge in [-0.25, -0.2) is 9.97 Å². The molecular weight excluding hydrogens is 457 g/mol. The average Bonchev–Trinajstić information content (AvgIpc) is 2.82.